The summed E-state index contributed by atoms with van der Waals surface area (Å²) in [6.07, 6.45) is 3.20. The van der Waals surface area contributed by atoms with E-state index in [2.05, 4.69) is 15.3 Å². The molecule has 2 rings (SSSR count). The van der Waals surface area contributed by atoms with Crippen LogP contribution in [0.25, 0.3) is 0 Å². The Morgan fingerprint density at radius 3 is 3.27 bits per heavy atom. The number of H-pyrrole nitrogens is 1. The molecular weight excluding hydrogens is 196 g/mol. The first-order valence-corrected chi connectivity index (χ1v) is 4.96. The van der Waals surface area contributed by atoms with E-state index in [1.165, 1.54) is 4.90 Å². The number of carboxylic acid groups (broad SMARTS) is 1. The van der Waals surface area contributed by atoms with Crippen molar-refractivity contribution >= 4 is 6.09 Å². The number of imidazole rings is 1. The highest BCUT2D eigenvalue weighted by Gasteiger charge is 2.26. The second-order valence-electron chi connectivity index (χ2n) is 3.57. The van der Waals surface area contributed by atoms with Crippen LogP contribution in [0.3, 0.4) is 0 Å². The monoisotopic (exact) mass is 210 g/mol. The molecule has 0 spiro atoms. The second kappa shape index (κ2) is 4.31. The molecule has 6 nitrogen and oxygen atoms in total. The van der Waals surface area contributed by atoms with Crippen LogP contribution in [0.1, 0.15) is 5.82 Å². The third-order valence-corrected chi connectivity index (χ3v) is 2.58. The summed E-state index contributed by atoms with van der Waals surface area (Å²) >= 11 is 0. The highest BCUT2D eigenvalue weighted by molar-refractivity contribution is 5.65. The summed E-state index contributed by atoms with van der Waals surface area (Å²) in [5.41, 5.74) is 0. The largest absolute Gasteiger partial charge is 0.465 e. The molecule has 2 heterocycles. The fraction of sp³-hybridized carbons (Fsp3) is 0.556. The second-order valence-corrected chi connectivity index (χ2v) is 3.57. The zero-order valence-corrected chi connectivity index (χ0v) is 8.31. The molecule has 82 valence electrons. The molecule has 3 N–H and O–H groups in total. The van der Waals surface area contributed by atoms with Gasteiger partial charge in [0.1, 0.15) is 5.82 Å². The van der Waals surface area contributed by atoms with Crippen LogP contribution in [0.2, 0.25) is 0 Å². The molecule has 1 amide bonds. The molecule has 6 heteroatoms. The van der Waals surface area contributed by atoms with E-state index in [1.54, 1.807) is 12.4 Å². The maximum atomic E-state index is 11.0. The fourth-order valence-corrected chi connectivity index (χ4v) is 1.83. The van der Waals surface area contributed by atoms with E-state index in [4.69, 9.17) is 5.11 Å². The number of amides is 1. The first kappa shape index (κ1) is 9.97. The van der Waals surface area contributed by atoms with Gasteiger partial charge in [0.2, 0.25) is 0 Å². The van der Waals surface area contributed by atoms with Crippen LogP contribution in [-0.4, -0.2) is 51.7 Å². The van der Waals surface area contributed by atoms with Crippen LogP contribution in [-0.2, 0) is 6.42 Å². The van der Waals surface area contributed by atoms with Gasteiger partial charge in [0.15, 0.2) is 0 Å². The summed E-state index contributed by atoms with van der Waals surface area (Å²) in [6, 6.07) is -0.0256. The Hall–Kier alpha value is -1.56. The van der Waals surface area contributed by atoms with Gasteiger partial charge >= 0.3 is 6.09 Å². The van der Waals surface area contributed by atoms with Gasteiger partial charge in [-0.1, -0.05) is 0 Å². The van der Waals surface area contributed by atoms with E-state index in [1.807, 2.05) is 0 Å². The van der Waals surface area contributed by atoms with Crippen LogP contribution < -0.4 is 5.32 Å². The number of piperazine rings is 1. The third-order valence-electron chi connectivity index (χ3n) is 2.58. The number of aromatic nitrogens is 2. The number of nitrogens with zero attached hydrogens (tertiary/aromatic N) is 2. The van der Waals surface area contributed by atoms with Crippen molar-refractivity contribution in [1.29, 1.82) is 0 Å². The van der Waals surface area contributed by atoms with Gasteiger partial charge in [0, 0.05) is 38.4 Å². The average Bonchev–Trinajstić information content (AvgIpc) is 2.71. The summed E-state index contributed by atoms with van der Waals surface area (Å²) in [5.74, 6) is 0.829. The summed E-state index contributed by atoms with van der Waals surface area (Å²) in [6.45, 7) is 1.95. The molecule has 1 fully saturated rings. The van der Waals surface area contributed by atoms with Crippen molar-refractivity contribution in [1.82, 2.24) is 20.2 Å². The number of rotatable bonds is 2. The van der Waals surface area contributed by atoms with Gasteiger partial charge in [0.25, 0.3) is 0 Å². The Morgan fingerprint density at radius 1 is 1.73 bits per heavy atom. The van der Waals surface area contributed by atoms with E-state index in [-0.39, 0.29) is 6.04 Å². The van der Waals surface area contributed by atoms with Gasteiger partial charge in [0.05, 0.1) is 6.04 Å². The molecule has 1 atom stereocenters. The van der Waals surface area contributed by atoms with Crippen LogP contribution in [0.4, 0.5) is 4.79 Å². The Labute approximate surface area is 87.3 Å². The van der Waals surface area contributed by atoms with Crippen molar-refractivity contribution in [3.63, 3.8) is 0 Å². The topological polar surface area (TPSA) is 81.2 Å². The number of carbonyl (C=O) groups is 1. The van der Waals surface area contributed by atoms with E-state index in [0.29, 0.717) is 19.5 Å². The van der Waals surface area contributed by atoms with E-state index < -0.39 is 6.09 Å². The molecule has 0 aromatic carbocycles. The average molecular weight is 210 g/mol. The standard InChI is InChI=1S/C9H14N4O2/c14-9(15)13-4-3-10-6-7(13)5-8-11-1-2-12-8/h1-2,7,10H,3-6H2,(H,11,12)(H,14,15)/t7-/m0/s1. The van der Waals surface area contributed by atoms with Gasteiger partial charge in [-0.05, 0) is 0 Å². The maximum absolute atomic E-state index is 11.0. The first-order chi connectivity index (χ1) is 7.27. The zero-order valence-electron chi connectivity index (χ0n) is 8.31. The molecule has 1 aromatic heterocycles. The van der Waals surface area contributed by atoms with E-state index in [9.17, 15) is 4.79 Å². The molecule has 0 radical (unpaired) electrons. The minimum absolute atomic E-state index is 0.0256. The number of aromatic amines is 1. The third kappa shape index (κ3) is 2.27. The SMILES string of the molecule is O=C(O)N1CCNC[C@@H]1Cc1ncc[nH]1. The van der Waals surface area contributed by atoms with Crippen LogP contribution in [0.15, 0.2) is 12.4 Å². The molecular formula is C9H14N4O2. The Balaban J connectivity index is 2.02. The molecule has 1 aromatic rings. The van der Waals surface area contributed by atoms with Crippen LogP contribution in [0.5, 0.6) is 0 Å². The smallest absolute Gasteiger partial charge is 0.407 e. The molecule has 1 saturated heterocycles. The van der Waals surface area contributed by atoms with Gasteiger partial charge in [-0.2, -0.15) is 0 Å². The number of nitrogens with one attached hydrogen (secondary N) is 2. The lowest BCUT2D eigenvalue weighted by Gasteiger charge is -2.33. The lowest BCUT2D eigenvalue weighted by Crippen LogP contribution is -2.54. The quantitative estimate of drug-likeness (QED) is 0.637. The highest BCUT2D eigenvalue weighted by Crippen LogP contribution is 2.08. The Bertz CT molecular complexity index is 325. The van der Waals surface area contributed by atoms with Crippen molar-refractivity contribution in [2.45, 2.75) is 12.5 Å². The van der Waals surface area contributed by atoms with Crippen LogP contribution >= 0.6 is 0 Å². The van der Waals surface area contributed by atoms with Crippen molar-refractivity contribution in [2.24, 2.45) is 0 Å². The molecule has 0 bridgehead atoms. The zero-order chi connectivity index (χ0) is 10.7. The van der Waals surface area contributed by atoms with Gasteiger partial charge in [-0.3, -0.25) is 0 Å². The van der Waals surface area contributed by atoms with Crippen LogP contribution in [0, 0.1) is 0 Å². The molecule has 15 heavy (non-hydrogen) atoms. The molecule has 1 aliphatic rings. The summed E-state index contributed by atoms with van der Waals surface area (Å²) in [4.78, 5) is 19.5. The molecule has 0 aliphatic carbocycles. The van der Waals surface area contributed by atoms with Crippen molar-refractivity contribution in [2.75, 3.05) is 19.6 Å². The molecule has 1 aliphatic heterocycles. The van der Waals surface area contributed by atoms with Gasteiger partial charge in [-0.15, -0.1) is 0 Å². The highest BCUT2D eigenvalue weighted by atomic mass is 16.4. The van der Waals surface area contributed by atoms with Gasteiger partial charge < -0.3 is 20.3 Å². The maximum Gasteiger partial charge on any atom is 0.407 e. The van der Waals surface area contributed by atoms with Crippen molar-refractivity contribution in [3.8, 4) is 0 Å². The fourth-order valence-electron chi connectivity index (χ4n) is 1.83. The van der Waals surface area contributed by atoms with Gasteiger partial charge in [-0.25, -0.2) is 9.78 Å². The molecule has 0 saturated carbocycles. The lowest BCUT2D eigenvalue weighted by atomic mass is 10.1. The van der Waals surface area contributed by atoms with E-state index in [0.717, 1.165) is 12.4 Å². The summed E-state index contributed by atoms with van der Waals surface area (Å²) in [5, 5.41) is 12.2. The Morgan fingerprint density at radius 2 is 2.60 bits per heavy atom. The summed E-state index contributed by atoms with van der Waals surface area (Å²) < 4.78 is 0. The lowest BCUT2D eigenvalue weighted by molar-refractivity contribution is 0.111. The Kier molecular flexibility index (Phi) is 2.86. The van der Waals surface area contributed by atoms with Crippen molar-refractivity contribution in [3.05, 3.63) is 18.2 Å². The number of hydrogen-bond acceptors (Lipinski definition) is 3. The van der Waals surface area contributed by atoms with E-state index >= 15 is 0 Å². The minimum Gasteiger partial charge on any atom is -0.465 e. The first-order valence-electron chi connectivity index (χ1n) is 4.96. The number of hydrogen-bond donors (Lipinski definition) is 3. The molecule has 0 unspecified atom stereocenters. The van der Waals surface area contributed by atoms with Crippen molar-refractivity contribution < 1.29 is 9.90 Å². The minimum atomic E-state index is -0.854. The normalized spacial score (nSPS) is 21.6. The predicted octanol–water partition coefficient (Wildman–Crippen LogP) is -0.0960. The predicted molar refractivity (Wildman–Crippen MR) is 53.7 cm³/mol. The summed E-state index contributed by atoms with van der Waals surface area (Å²) in [7, 11) is 0.